The fraction of sp³-hybridized carbons (Fsp3) is 0.471. The standard InChI is InChI=1S/C34H35F2N5O7/c1-19(2)45-11-6-7-21-13-24(40-10-12-46-34(20(40)3)17-44-18-34)32(37-15-21)47-22-14-25(33(42)43)41(16-22)31-28-27(38-30(39-31)29(35)36)23-8-4-5-9-26(23)48-28/h4-5,8-9,13,15,19-20,22,25,29H,10-12,14,16-18H2,1-3H3,(H,42,43)/t20-,22-,25-/m0/s1. The van der Waals surface area contributed by atoms with Gasteiger partial charge < -0.3 is 38.3 Å². The molecule has 0 unspecified atom stereocenters. The first-order chi connectivity index (χ1) is 23.1. The van der Waals surface area contributed by atoms with Gasteiger partial charge in [0, 0.05) is 30.1 Å². The fourth-order valence-corrected chi connectivity index (χ4v) is 6.45. The highest BCUT2D eigenvalue weighted by Crippen LogP contribution is 2.41. The second-order valence-electron chi connectivity index (χ2n) is 12.4. The highest BCUT2D eigenvalue weighted by molar-refractivity contribution is 6.06. The zero-order valence-corrected chi connectivity index (χ0v) is 26.7. The maximum absolute atomic E-state index is 14.0. The van der Waals surface area contributed by atoms with Gasteiger partial charge in [-0.2, -0.15) is 0 Å². The third kappa shape index (κ3) is 5.86. The number of para-hydroxylation sites is 1. The molecule has 7 rings (SSSR count). The normalized spacial score (nSPS) is 22.0. The summed E-state index contributed by atoms with van der Waals surface area (Å²) in [6, 6.07) is 7.58. The fourth-order valence-electron chi connectivity index (χ4n) is 6.45. The number of carboxylic acids is 1. The summed E-state index contributed by atoms with van der Waals surface area (Å²) < 4.78 is 57.8. The molecule has 14 heteroatoms. The molecule has 0 amide bonds. The third-order valence-corrected chi connectivity index (χ3v) is 9.02. The van der Waals surface area contributed by atoms with Crippen LogP contribution in [0.4, 0.5) is 20.3 Å². The largest absolute Gasteiger partial charge is 0.480 e. The van der Waals surface area contributed by atoms with E-state index in [1.807, 2.05) is 19.9 Å². The van der Waals surface area contributed by atoms with Crippen LogP contribution < -0.4 is 14.5 Å². The Labute approximate surface area is 274 Å². The van der Waals surface area contributed by atoms with Gasteiger partial charge in [-0.15, -0.1) is 0 Å². The Hall–Kier alpha value is -4.58. The van der Waals surface area contributed by atoms with E-state index in [0.29, 0.717) is 54.5 Å². The summed E-state index contributed by atoms with van der Waals surface area (Å²) in [5.41, 5.74) is 1.62. The minimum Gasteiger partial charge on any atom is -0.480 e. The molecule has 0 bridgehead atoms. The van der Waals surface area contributed by atoms with Gasteiger partial charge in [-0.25, -0.2) is 28.5 Å². The average molecular weight is 664 g/mol. The number of halogens is 2. The molecular formula is C34H35F2N5O7. The predicted molar refractivity (Wildman–Crippen MR) is 171 cm³/mol. The minimum absolute atomic E-state index is 0.0223. The highest BCUT2D eigenvalue weighted by atomic mass is 19.3. The predicted octanol–water partition coefficient (Wildman–Crippen LogP) is 4.59. The monoisotopic (exact) mass is 663 g/mol. The number of ether oxygens (including phenoxy) is 4. The SMILES string of the molecule is CC(C)OCC#Cc1cnc(O[C@H]2C[C@@H](C(=O)O)N(c3nc(C(F)F)nc4c3oc3ccccc34)C2)c(N2CCOC3(COC3)[C@@H]2C)c1. The van der Waals surface area contributed by atoms with Gasteiger partial charge in [0.25, 0.3) is 6.43 Å². The second kappa shape index (κ2) is 12.8. The lowest BCUT2D eigenvalue weighted by Crippen LogP contribution is -2.68. The number of hydrogen-bond acceptors (Lipinski definition) is 11. The first-order valence-corrected chi connectivity index (χ1v) is 15.9. The van der Waals surface area contributed by atoms with Crippen LogP contribution in [0.3, 0.4) is 0 Å². The van der Waals surface area contributed by atoms with Gasteiger partial charge in [-0.05, 0) is 39.0 Å². The van der Waals surface area contributed by atoms with Crippen LogP contribution in [0.15, 0.2) is 40.9 Å². The Morgan fingerprint density at radius 2 is 2.02 bits per heavy atom. The van der Waals surface area contributed by atoms with Crippen LogP contribution in [0.2, 0.25) is 0 Å². The first kappa shape index (κ1) is 32.0. The Bertz CT molecular complexity index is 1900. The maximum Gasteiger partial charge on any atom is 0.326 e. The van der Waals surface area contributed by atoms with Gasteiger partial charge in [-0.3, -0.25) is 0 Å². The lowest BCUT2D eigenvalue weighted by atomic mass is 9.90. The lowest BCUT2D eigenvalue weighted by molar-refractivity contribution is -0.228. The van der Waals surface area contributed by atoms with Gasteiger partial charge in [0.15, 0.2) is 17.2 Å². The molecule has 0 saturated carbocycles. The molecule has 252 valence electrons. The molecule has 0 radical (unpaired) electrons. The number of rotatable bonds is 8. The zero-order chi connectivity index (χ0) is 33.6. The number of anilines is 2. The van der Waals surface area contributed by atoms with E-state index >= 15 is 0 Å². The molecule has 3 aliphatic heterocycles. The van der Waals surface area contributed by atoms with Gasteiger partial charge in [0.05, 0.1) is 38.5 Å². The number of furan rings is 1. The van der Waals surface area contributed by atoms with Crippen LogP contribution in [-0.4, -0.2) is 95.4 Å². The Morgan fingerprint density at radius 1 is 1.21 bits per heavy atom. The van der Waals surface area contributed by atoms with Crippen molar-refractivity contribution in [3.8, 4) is 17.7 Å². The summed E-state index contributed by atoms with van der Waals surface area (Å²) in [6.45, 7) is 8.19. The number of pyridine rings is 1. The van der Waals surface area contributed by atoms with E-state index in [9.17, 15) is 18.7 Å². The summed E-state index contributed by atoms with van der Waals surface area (Å²) in [6.07, 6.45) is -1.98. The van der Waals surface area contributed by atoms with Crippen molar-refractivity contribution in [3.05, 3.63) is 47.9 Å². The van der Waals surface area contributed by atoms with Gasteiger partial charge >= 0.3 is 5.97 Å². The summed E-state index contributed by atoms with van der Waals surface area (Å²) in [4.78, 5) is 29.0. The molecule has 3 saturated heterocycles. The molecule has 48 heavy (non-hydrogen) atoms. The number of aliphatic carboxylic acids is 1. The van der Waals surface area contributed by atoms with E-state index in [4.69, 9.17) is 23.4 Å². The van der Waals surface area contributed by atoms with Gasteiger partial charge in [0.1, 0.15) is 41.1 Å². The minimum atomic E-state index is -2.98. The number of morpholine rings is 1. The Balaban J connectivity index is 1.23. The van der Waals surface area contributed by atoms with Crippen LogP contribution in [0, 0.1) is 11.8 Å². The quantitative estimate of drug-likeness (QED) is 0.265. The zero-order valence-electron chi connectivity index (χ0n) is 26.7. The van der Waals surface area contributed by atoms with Crippen LogP contribution in [-0.2, 0) is 19.0 Å². The molecule has 6 heterocycles. The van der Waals surface area contributed by atoms with Crippen molar-refractivity contribution < 1.29 is 42.0 Å². The van der Waals surface area contributed by atoms with Crippen molar-refractivity contribution in [1.29, 1.82) is 0 Å². The summed E-state index contributed by atoms with van der Waals surface area (Å²) in [7, 11) is 0. The molecular weight excluding hydrogens is 628 g/mol. The first-order valence-electron chi connectivity index (χ1n) is 15.9. The molecule has 4 aromatic rings. The smallest absolute Gasteiger partial charge is 0.326 e. The molecule has 1 N–H and O–H groups in total. The molecule has 12 nitrogen and oxygen atoms in total. The average Bonchev–Trinajstić information content (AvgIpc) is 3.64. The van der Waals surface area contributed by atoms with Crippen molar-refractivity contribution >= 4 is 39.5 Å². The summed E-state index contributed by atoms with van der Waals surface area (Å²) in [5.74, 6) is 4.53. The van der Waals surface area contributed by atoms with E-state index in [2.05, 4.69) is 38.6 Å². The highest BCUT2D eigenvalue weighted by Gasteiger charge is 2.50. The number of hydrogen-bond donors (Lipinski definition) is 1. The summed E-state index contributed by atoms with van der Waals surface area (Å²) in [5, 5.41) is 10.8. The van der Waals surface area contributed by atoms with Crippen LogP contribution in [0.25, 0.3) is 22.1 Å². The van der Waals surface area contributed by atoms with Crippen molar-refractivity contribution in [2.45, 2.75) is 63.5 Å². The Kier molecular flexibility index (Phi) is 8.53. The number of aromatic nitrogens is 3. The molecule has 1 spiro atoms. The van der Waals surface area contributed by atoms with Crippen molar-refractivity contribution in [3.63, 3.8) is 0 Å². The number of nitrogens with zero attached hydrogens (tertiary/aromatic N) is 5. The van der Waals surface area contributed by atoms with Crippen molar-refractivity contribution in [1.82, 2.24) is 15.0 Å². The van der Waals surface area contributed by atoms with Crippen LogP contribution >= 0.6 is 0 Å². The Morgan fingerprint density at radius 3 is 2.75 bits per heavy atom. The van der Waals surface area contributed by atoms with Crippen LogP contribution in [0.5, 0.6) is 5.88 Å². The number of alkyl halides is 2. The molecule has 1 aromatic carbocycles. The molecule has 3 aromatic heterocycles. The topological polar surface area (TPSA) is 133 Å². The van der Waals surface area contributed by atoms with E-state index in [0.717, 1.165) is 0 Å². The second-order valence-corrected chi connectivity index (χ2v) is 12.4. The number of fused-ring (bicyclic) bond motifs is 3. The van der Waals surface area contributed by atoms with Gasteiger partial charge in [0.2, 0.25) is 5.88 Å². The summed E-state index contributed by atoms with van der Waals surface area (Å²) >= 11 is 0. The number of carbonyl (C=O) groups is 1. The lowest BCUT2D eigenvalue weighted by Gasteiger charge is -2.53. The van der Waals surface area contributed by atoms with E-state index < -0.39 is 36.0 Å². The maximum atomic E-state index is 14.0. The van der Waals surface area contributed by atoms with Crippen LogP contribution in [0.1, 0.15) is 45.0 Å². The molecule has 3 atom stereocenters. The van der Waals surface area contributed by atoms with Gasteiger partial charge in [-0.1, -0.05) is 24.0 Å². The molecule has 0 aliphatic carbocycles. The number of carboxylic acid groups (broad SMARTS) is 1. The van der Waals surface area contributed by atoms with E-state index in [1.165, 1.54) is 4.90 Å². The van der Waals surface area contributed by atoms with E-state index in [-0.39, 0.29) is 48.6 Å². The van der Waals surface area contributed by atoms with Crippen molar-refractivity contribution in [2.24, 2.45) is 0 Å². The van der Waals surface area contributed by atoms with Crippen molar-refractivity contribution in [2.75, 3.05) is 49.3 Å². The third-order valence-electron chi connectivity index (χ3n) is 9.02. The molecule has 3 aliphatic rings. The number of benzene rings is 1. The molecule has 3 fully saturated rings. The van der Waals surface area contributed by atoms with E-state index in [1.54, 1.807) is 30.5 Å².